The standard InChI is InChI=1S/C14H16N4OS.C3H6/c1-3-18-14(19)5-12(15-2)13-4-10(8-20-13)11-6-16-9-17-7-11;1-3-2/h3-4,6-9,12,15H,1,5H2,2H3,(H,18,19);3H,1H2,2H3. The molecule has 2 heterocycles. The average molecular weight is 330 g/mol. The molecule has 0 aliphatic rings. The molecule has 0 saturated heterocycles. The van der Waals surface area contributed by atoms with Crippen LogP contribution in [-0.2, 0) is 4.79 Å². The highest BCUT2D eigenvalue weighted by Crippen LogP contribution is 2.29. The van der Waals surface area contributed by atoms with Crippen LogP contribution in [0.2, 0.25) is 0 Å². The van der Waals surface area contributed by atoms with Crippen LogP contribution in [0.15, 0.2) is 55.6 Å². The molecule has 0 spiro atoms. The van der Waals surface area contributed by atoms with E-state index in [0.29, 0.717) is 6.42 Å². The Balaban J connectivity index is 0.000000816. The van der Waals surface area contributed by atoms with E-state index in [4.69, 9.17) is 0 Å². The SMILES string of the molecule is C=CC.C=CNC(=O)CC(NC)c1cc(-c2cncnc2)cs1. The van der Waals surface area contributed by atoms with Crippen molar-refractivity contribution in [2.24, 2.45) is 0 Å². The first-order chi connectivity index (χ1) is 11.2. The van der Waals surface area contributed by atoms with Gasteiger partial charge < -0.3 is 10.6 Å². The molecule has 1 atom stereocenters. The first-order valence-electron chi connectivity index (χ1n) is 7.14. The molecule has 0 aliphatic heterocycles. The van der Waals surface area contributed by atoms with Crippen LogP contribution in [0.3, 0.4) is 0 Å². The van der Waals surface area contributed by atoms with Crippen LogP contribution in [0, 0.1) is 0 Å². The van der Waals surface area contributed by atoms with E-state index in [1.165, 1.54) is 12.5 Å². The summed E-state index contributed by atoms with van der Waals surface area (Å²) in [6.45, 7) is 8.74. The zero-order valence-electron chi connectivity index (χ0n) is 13.5. The van der Waals surface area contributed by atoms with E-state index in [2.05, 4.69) is 39.8 Å². The lowest BCUT2D eigenvalue weighted by Crippen LogP contribution is -2.25. The number of carbonyl (C=O) groups excluding carboxylic acids is 1. The van der Waals surface area contributed by atoms with Gasteiger partial charge in [0, 0.05) is 29.3 Å². The molecule has 2 rings (SSSR count). The molecule has 5 nitrogen and oxygen atoms in total. The Morgan fingerprint density at radius 1 is 1.35 bits per heavy atom. The van der Waals surface area contributed by atoms with E-state index in [9.17, 15) is 4.79 Å². The lowest BCUT2D eigenvalue weighted by atomic mass is 10.1. The van der Waals surface area contributed by atoms with Gasteiger partial charge in [-0.3, -0.25) is 4.79 Å². The fourth-order valence-electron chi connectivity index (χ4n) is 1.84. The quantitative estimate of drug-likeness (QED) is 0.798. The molecule has 2 aromatic rings. The van der Waals surface area contributed by atoms with Gasteiger partial charge in [0.05, 0.1) is 6.04 Å². The van der Waals surface area contributed by atoms with Gasteiger partial charge in [-0.2, -0.15) is 0 Å². The molecule has 2 N–H and O–H groups in total. The Labute approximate surface area is 141 Å². The largest absolute Gasteiger partial charge is 0.333 e. The number of aromatic nitrogens is 2. The molecule has 0 fully saturated rings. The van der Waals surface area contributed by atoms with Crippen molar-refractivity contribution in [2.45, 2.75) is 19.4 Å². The van der Waals surface area contributed by atoms with Crippen LogP contribution in [-0.4, -0.2) is 22.9 Å². The Kier molecular flexibility index (Phi) is 8.49. The maximum Gasteiger partial charge on any atom is 0.225 e. The number of thiophene rings is 1. The highest BCUT2D eigenvalue weighted by atomic mass is 32.1. The van der Waals surface area contributed by atoms with Crippen LogP contribution in [0.25, 0.3) is 11.1 Å². The van der Waals surface area contributed by atoms with E-state index in [1.807, 2.05) is 19.4 Å². The van der Waals surface area contributed by atoms with E-state index >= 15 is 0 Å². The fraction of sp³-hybridized carbons (Fsp3) is 0.235. The number of nitrogens with zero attached hydrogens (tertiary/aromatic N) is 2. The molecular weight excluding hydrogens is 308 g/mol. The zero-order chi connectivity index (χ0) is 17.1. The number of amides is 1. The minimum Gasteiger partial charge on any atom is -0.333 e. The van der Waals surface area contributed by atoms with Gasteiger partial charge in [-0.25, -0.2) is 9.97 Å². The summed E-state index contributed by atoms with van der Waals surface area (Å²) in [5.41, 5.74) is 2.04. The van der Waals surface area contributed by atoms with Crippen molar-refractivity contribution >= 4 is 17.2 Å². The molecule has 1 amide bonds. The Hall–Kier alpha value is -2.31. The summed E-state index contributed by atoms with van der Waals surface area (Å²) in [5.74, 6) is -0.0580. The summed E-state index contributed by atoms with van der Waals surface area (Å²) < 4.78 is 0. The maximum atomic E-state index is 11.6. The summed E-state index contributed by atoms with van der Waals surface area (Å²) in [6, 6.07) is 2.05. The number of carbonyl (C=O) groups is 1. The normalized spacial score (nSPS) is 10.9. The van der Waals surface area contributed by atoms with Crippen molar-refractivity contribution in [1.29, 1.82) is 0 Å². The van der Waals surface area contributed by atoms with Crippen LogP contribution in [0.4, 0.5) is 0 Å². The molecule has 6 heteroatoms. The van der Waals surface area contributed by atoms with Crippen molar-refractivity contribution in [2.75, 3.05) is 7.05 Å². The summed E-state index contributed by atoms with van der Waals surface area (Å²) in [4.78, 5) is 20.7. The molecule has 0 radical (unpaired) electrons. The van der Waals surface area contributed by atoms with Crippen molar-refractivity contribution < 1.29 is 4.79 Å². The highest BCUT2D eigenvalue weighted by molar-refractivity contribution is 7.10. The lowest BCUT2D eigenvalue weighted by Gasteiger charge is -2.13. The van der Waals surface area contributed by atoms with E-state index < -0.39 is 0 Å². The molecule has 0 saturated carbocycles. The van der Waals surface area contributed by atoms with Crippen LogP contribution < -0.4 is 10.6 Å². The van der Waals surface area contributed by atoms with Crippen LogP contribution in [0.5, 0.6) is 0 Å². The third-order valence-corrected chi connectivity index (χ3v) is 3.90. The molecule has 2 aromatic heterocycles. The number of hydrogen-bond acceptors (Lipinski definition) is 5. The van der Waals surface area contributed by atoms with Gasteiger partial charge in [0.25, 0.3) is 0 Å². The summed E-state index contributed by atoms with van der Waals surface area (Å²) in [6.07, 6.45) is 8.58. The average Bonchev–Trinajstić information content (AvgIpc) is 3.04. The third kappa shape index (κ3) is 6.14. The van der Waals surface area contributed by atoms with Gasteiger partial charge in [-0.1, -0.05) is 12.7 Å². The Bertz CT molecular complexity index is 625. The number of allylic oxidation sites excluding steroid dienone is 1. The van der Waals surface area contributed by atoms with E-state index in [-0.39, 0.29) is 11.9 Å². The summed E-state index contributed by atoms with van der Waals surface area (Å²) in [5, 5.41) is 7.79. The molecule has 23 heavy (non-hydrogen) atoms. The van der Waals surface area contributed by atoms with E-state index in [1.54, 1.807) is 29.8 Å². The number of rotatable bonds is 6. The predicted octanol–water partition coefficient (Wildman–Crippen LogP) is 3.31. The Morgan fingerprint density at radius 2 is 2.00 bits per heavy atom. The van der Waals surface area contributed by atoms with Gasteiger partial charge in [0.15, 0.2) is 0 Å². The summed E-state index contributed by atoms with van der Waals surface area (Å²) in [7, 11) is 1.84. The minimum absolute atomic E-state index is 0.0154. The molecule has 122 valence electrons. The zero-order valence-corrected chi connectivity index (χ0v) is 14.3. The first kappa shape index (κ1) is 18.7. The van der Waals surface area contributed by atoms with Gasteiger partial charge in [0.2, 0.25) is 5.91 Å². The highest BCUT2D eigenvalue weighted by Gasteiger charge is 2.16. The van der Waals surface area contributed by atoms with Gasteiger partial charge in [0.1, 0.15) is 6.33 Å². The van der Waals surface area contributed by atoms with Gasteiger partial charge in [-0.05, 0) is 37.2 Å². The van der Waals surface area contributed by atoms with Crippen LogP contribution in [0.1, 0.15) is 24.3 Å². The monoisotopic (exact) mass is 330 g/mol. The smallest absolute Gasteiger partial charge is 0.225 e. The number of nitrogens with one attached hydrogen (secondary N) is 2. The van der Waals surface area contributed by atoms with Gasteiger partial charge >= 0.3 is 0 Å². The minimum atomic E-state index is -0.0580. The van der Waals surface area contributed by atoms with Crippen molar-refractivity contribution in [1.82, 2.24) is 20.6 Å². The summed E-state index contributed by atoms with van der Waals surface area (Å²) >= 11 is 1.61. The Morgan fingerprint density at radius 3 is 2.57 bits per heavy atom. The second-order valence-corrected chi connectivity index (χ2v) is 5.53. The van der Waals surface area contributed by atoms with Crippen molar-refractivity contribution in [3.8, 4) is 11.1 Å². The van der Waals surface area contributed by atoms with E-state index in [0.717, 1.165) is 16.0 Å². The van der Waals surface area contributed by atoms with Crippen LogP contribution >= 0.6 is 11.3 Å². The molecule has 1 unspecified atom stereocenters. The number of hydrogen-bond donors (Lipinski definition) is 2. The first-order valence-corrected chi connectivity index (χ1v) is 8.02. The maximum absolute atomic E-state index is 11.6. The van der Waals surface area contributed by atoms with Crippen molar-refractivity contribution in [3.05, 3.63) is 60.5 Å². The molecular formula is C17H22N4OS. The molecule has 0 aromatic carbocycles. The fourth-order valence-corrected chi connectivity index (χ4v) is 2.87. The van der Waals surface area contributed by atoms with Crippen molar-refractivity contribution in [3.63, 3.8) is 0 Å². The predicted molar refractivity (Wildman–Crippen MR) is 96.0 cm³/mol. The lowest BCUT2D eigenvalue weighted by molar-refractivity contribution is -0.120. The van der Waals surface area contributed by atoms with Gasteiger partial charge in [-0.15, -0.1) is 17.9 Å². The third-order valence-electron chi connectivity index (χ3n) is 2.86. The second kappa shape index (κ2) is 10.4. The second-order valence-electron chi connectivity index (χ2n) is 4.59. The molecule has 0 bridgehead atoms. The molecule has 0 aliphatic carbocycles. The topological polar surface area (TPSA) is 66.9 Å².